The minimum Gasteiger partial charge on any atom is -0.459 e. The van der Waals surface area contributed by atoms with Gasteiger partial charge in [-0.25, -0.2) is 9.97 Å². The molecule has 4 heterocycles. The Balaban J connectivity index is 1.45. The zero-order valence-corrected chi connectivity index (χ0v) is 17.7. The van der Waals surface area contributed by atoms with E-state index < -0.39 is 0 Å². The molecule has 1 fully saturated rings. The van der Waals surface area contributed by atoms with E-state index in [0.717, 1.165) is 24.7 Å². The number of hydrogen-bond acceptors (Lipinski definition) is 7. The lowest BCUT2D eigenvalue weighted by atomic mass is 10.2. The molecule has 0 aliphatic carbocycles. The van der Waals surface area contributed by atoms with Crippen molar-refractivity contribution in [1.29, 1.82) is 0 Å². The highest BCUT2D eigenvalue weighted by atomic mass is 32.1. The normalized spacial score (nSPS) is 19.4. The Kier molecular flexibility index (Phi) is 5.38. The maximum absolute atomic E-state index is 12.7. The van der Waals surface area contributed by atoms with Crippen LogP contribution >= 0.6 is 11.3 Å². The van der Waals surface area contributed by atoms with Crippen LogP contribution in [0.15, 0.2) is 34.9 Å². The van der Waals surface area contributed by atoms with Gasteiger partial charge in [0.25, 0.3) is 5.91 Å². The zero-order valence-electron chi connectivity index (χ0n) is 16.9. The Morgan fingerprint density at radius 2 is 1.93 bits per heavy atom. The van der Waals surface area contributed by atoms with Crippen LogP contribution < -0.4 is 10.2 Å². The van der Waals surface area contributed by atoms with E-state index in [4.69, 9.17) is 9.15 Å². The van der Waals surface area contributed by atoms with Gasteiger partial charge in [0, 0.05) is 13.1 Å². The van der Waals surface area contributed by atoms with Crippen LogP contribution in [0, 0.1) is 13.8 Å². The van der Waals surface area contributed by atoms with E-state index in [2.05, 4.69) is 34.0 Å². The molecule has 0 unspecified atom stereocenters. The number of hydrogen-bond donors (Lipinski definition) is 1. The molecule has 0 radical (unpaired) electrons. The second-order valence-electron chi connectivity index (χ2n) is 7.37. The van der Waals surface area contributed by atoms with Crippen molar-refractivity contribution in [3.05, 3.63) is 46.8 Å². The highest BCUT2D eigenvalue weighted by molar-refractivity contribution is 7.17. The highest BCUT2D eigenvalue weighted by Gasteiger charge is 2.23. The summed E-state index contributed by atoms with van der Waals surface area (Å²) in [4.78, 5) is 24.5. The number of carbonyl (C=O) groups excluding carboxylic acids is 1. The quantitative estimate of drug-likeness (QED) is 0.689. The van der Waals surface area contributed by atoms with E-state index in [1.807, 2.05) is 38.1 Å². The van der Waals surface area contributed by atoms with Gasteiger partial charge in [0.05, 0.1) is 29.8 Å². The molecule has 7 nitrogen and oxygen atoms in total. The number of furan rings is 1. The molecule has 0 saturated carbocycles. The number of thiazole rings is 1. The molecule has 1 amide bonds. The zero-order chi connectivity index (χ0) is 20.5. The molecule has 0 aromatic carbocycles. The van der Waals surface area contributed by atoms with Gasteiger partial charge in [0.1, 0.15) is 16.5 Å². The van der Waals surface area contributed by atoms with E-state index in [0.29, 0.717) is 27.0 Å². The highest BCUT2D eigenvalue weighted by Crippen LogP contribution is 2.30. The second kappa shape index (κ2) is 7.96. The molecule has 1 aliphatic heterocycles. The Morgan fingerprint density at radius 1 is 1.17 bits per heavy atom. The van der Waals surface area contributed by atoms with Crippen LogP contribution in [-0.4, -0.2) is 41.2 Å². The maximum Gasteiger partial charge on any atom is 0.267 e. The molecule has 1 saturated heterocycles. The number of aryl methyl sites for hydroxylation is 2. The predicted molar refractivity (Wildman–Crippen MR) is 114 cm³/mol. The van der Waals surface area contributed by atoms with Crippen LogP contribution in [0.3, 0.4) is 0 Å². The first-order chi connectivity index (χ1) is 13.9. The average molecular weight is 413 g/mol. The van der Waals surface area contributed by atoms with Gasteiger partial charge in [-0.3, -0.25) is 4.79 Å². The topological polar surface area (TPSA) is 80.5 Å². The van der Waals surface area contributed by atoms with Gasteiger partial charge < -0.3 is 19.4 Å². The van der Waals surface area contributed by atoms with E-state index in [1.54, 1.807) is 6.20 Å². The Labute approximate surface area is 173 Å². The lowest BCUT2D eigenvalue weighted by molar-refractivity contribution is -0.00545. The number of nitrogens with one attached hydrogen (secondary N) is 1. The van der Waals surface area contributed by atoms with Gasteiger partial charge >= 0.3 is 0 Å². The summed E-state index contributed by atoms with van der Waals surface area (Å²) in [5.41, 5.74) is 1.33. The smallest absolute Gasteiger partial charge is 0.267 e. The third-order valence-electron chi connectivity index (χ3n) is 4.70. The Hall–Kier alpha value is -2.71. The summed E-state index contributed by atoms with van der Waals surface area (Å²) in [6.45, 7) is 9.44. The van der Waals surface area contributed by atoms with E-state index in [1.165, 1.54) is 11.3 Å². The van der Waals surface area contributed by atoms with Crippen molar-refractivity contribution < 1.29 is 13.9 Å². The molecule has 152 valence electrons. The molecule has 3 aromatic heterocycles. The van der Waals surface area contributed by atoms with E-state index in [9.17, 15) is 4.79 Å². The molecule has 29 heavy (non-hydrogen) atoms. The molecule has 8 heteroatoms. The summed E-state index contributed by atoms with van der Waals surface area (Å²) in [6, 6.07) is 7.55. The predicted octanol–water partition coefficient (Wildman–Crippen LogP) is 4.28. The number of aromatic nitrogens is 2. The summed E-state index contributed by atoms with van der Waals surface area (Å²) in [5.74, 6) is 2.18. The van der Waals surface area contributed by atoms with E-state index in [-0.39, 0.29) is 18.1 Å². The average Bonchev–Trinajstić information content (AvgIpc) is 3.27. The fourth-order valence-electron chi connectivity index (χ4n) is 3.46. The van der Waals surface area contributed by atoms with Gasteiger partial charge in [-0.05, 0) is 52.0 Å². The number of amides is 1. The summed E-state index contributed by atoms with van der Waals surface area (Å²) in [5, 5.41) is 3.61. The van der Waals surface area contributed by atoms with Crippen molar-refractivity contribution >= 4 is 28.7 Å². The van der Waals surface area contributed by atoms with Gasteiger partial charge in [-0.2, -0.15) is 0 Å². The van der Waals surface area contributed by atoms with Crippen LogP contribution in [0.5, 0.6) is 0 Å². The van der Waals surface area contributed by atoms with Gasteiger partial charge in [0.15, 0.2) is 10.8 Å². The Bertz CT molecular complexity index is 1000. The largest absolute Gasteiger partial charge is 0.459 e. The molecule has 0 bridgehead atoms. The molecule has 4 rings (SSSR count). The number of pyridine rings is 1. The SMILES string of the molecule is Cc1ccc(-c2nc(C)c(C(=O)Nc3ccc(N4C[C@@H](C)O[C@@H](C)C4)nc3)s2)o1. The van der Waals surface area contributed by atoms with Crippen molar-refractivity contribution in [2.45, 2.75) is 39.9 Å². The summed E-state index contributed by atoms with van der Waals surface area (Å²) < 4.78 is 11.4. The van der Waals surface area contributed by atoms with Crippen LogP contribution in [0.25, 0.3) is 10.8 Å². The van der Waals surface area contributed by atoms with E-state index >= 15 is 0 Å². The van der Waals surface area contributed by atoms with Crippen molar-refractivity contribution in [1.82, 2.24) is 9.97 Å². The van der Waals surface area contributed by atoms with Crippen LogP contribution in [0.4, 0.5) is 11.5 Å². The first-order valence-electron chi connectivity index (χ1n) is 9.61. The van der Waals surface area contributed by atoms with Gasteiger partial charge in [0.2, 0.25) is 0 Å². The number of rotatable bonds is 4. The number of ether oxygens (including phenoxy) is 1. The van der Waals surface area contributed by atoms with Crippen LogP contribution in [0.1, 0.15) is 35.0 Å². The molecule has 0 spiro atoms. The first kappa shape index (κ1) is 19.6. The second-order valence-corrected chi connectivity index (χ2v) is 8.36. The standard InChI is InChI=1S/C21H24N4O3S/c1-12-5-7-17(28-12)21-23-15(4)19(29-21)20(26)24-16-6-8-18(22-9-16)25-10-13(2)27-14(3)11-25/h5-9,13-14H,10-11H2,1-4H3,(H,24,26)/t13-,14+. The molecule has 1 N–H and O–H groups in total. The summed E-state index contributed by atoms with van der Waals surface area (Å²) >= 11 is 1.32. The third-order valence-corrected chi connectivity index (χ3v) is 5.87. The minimum atomic E-state index is -0.197. The number of carbonyl (C=O) groups is 1. The lowest BCUT2D eigenvalue weighted by Gasteiger charge is -2.36. The fourth-order valence-corrected chi connectivity index (χ4v) is 4.39. The summed E-state index contributed by atoms with van der Waals surface area (Å²) in [6.07, 6.45) is 2.02. The number of nitrogens with zero attached hydrogens (tertiary/aromatic N) is 3. The molecule has 3 aromatic rings. The number of anilines is 2. The van der Waals surface area contributed by atoms with Crippen LogP contribution in [-0.2, 0) is 4.74 Å². The third kappa shape index (κ3) is 4.33. The van der Waals surface area contributed by atoms with Crippen molar-refractivity contribution in [2.75, 3.05) is 23.3 Å². The van der Waals surface area contributed by atoms with Gasteiger partial charge in [-0.1, -0.05) is 0 Å². The first-order valence-corrected chi connectivity index (χ1v) is 10.4. The maximum atomic E-state index is 12.7. The lowest BCUT2D eigenvalue weighted by Crippen LogP contribution is -2.45. The fraction of sp³-hybridized carbons (Fsp3) is 0.381. The van der Waals surface area contributed by atoms with Crippen molar-refractivity contribution in [2.24, 2.45) is 0 Å². The minimum absolute atomic E-state index is 0.168. The van der Waals surface area contributed by atoms with Gasteiger partial charge in [-0.15, -0.1) is 11.3 Å². The number of morpholine rings is 1. The molecular weight excluding hydrogens is 388 g/mol. The van der Waals surface area contributed by atoms with Crippen LogP contribution in [0.2, 0.25) is 0 Å². The van der Waals surface area contributed by atoms with Crippen molar-refractivity contribution in [3.8, 4) is 10.8 Å². The van der Waals surface area contributed by atoms with Crippen molar-refractivity contribution in [3.63, 3.8) is 0 Å². The summed E-state index contributed by atoms with van der Waals surface area (Å²) in [7, 11) is 0. The monoisotopic (exact) mass is 412 g/mol. The molecular formula is C21H24N4O3S. The molecule has 2 atom stereocenters. The molecule has 1 aliphatic rings. The Morgan fingerprint density at radius 3 is 2.55 bits per heavy atom.